The molecule has 0 aromatic heterocycles. The van der Waals surface area contributed by atoms with Crippen LogP contribution in [0.25, 0.3) is 0 Å². The van der Waals surface area contributed by atoms with E-state index in [0.29, 0.717) is 5.02 Å². The van der Waals surface area contributed by atoms with Gasteiger partial charge < -0.3 is 10.1 Å². The van der Waals surface area contributed by atoms with Crippen LogP contribution in [-0.4, -0.2) is 19.1 Å². The number of halogens is 1. The van der Waals surface area contributed by atoms with E-state index in [2.05, 4.69) is 17.2 Å². The third-order valence-electron chi connectivity index (χ3n) is 2.50. The molecule has 18 heavy (non-hydrogen) atoms. The number of benzene rings is 1. The highest BCUT2D eigenvalue weighted by molar-refractivity contribution is 6.30. The van der Waals surface area contributed by atoms with Crippen LogP contribution in [-0.2, 0) is 9.53 Å². The third-order valence-corrected chi connectivity index (χ3v) is 2.76. The molecule has 1 N–H and O–H groups in total. The van der Waals surface area contributed by atoms with Gasteiger partial charge in [0.15, 0.2) is 0 Å². The SMILES string of the molecule is CC#CC(=O)NC(C)C(OC)c1ccc(Cl)cc1. The number of carbonyl (C=O) groups is 1. The molecule has 0 aliphatic rings. The Kier molecular flexibility index (Phi) is 5.70. The summed E-state index contributed by atoms with van der Waals surface area (Å²) in [6.45, 7) is 3.50. The van der Waals surface area contributed by atoms with Crippen molar-refractivity contribution in [2.24, 2.45) is 0 Å². The first-order chi connectivity index (χ1) is 8.58. The molecule has 0 bridgehead atoms. The van der Waals surface area contributed by atoms with E-state index in [1.807, 2.05) is 19.1 Å². The highest BCUT2D eigenvalue weighted by Gasteiger charge is 2.19. The smallest absolute Gasteiger partial charge is 0.296 e. The zero-order valence-corrected chi connectivity index (χ0v) is 11.4. The minimum Gasteiger partial charge on any atom is -0.375 e. The molecule has 0 radical (unpaired) electrons. The van der Waals surface area contributed by atoms with E-state index in [-0.39, 0.29) is 18.1 Å². The van der Waals surface area contributed by atoms with E-state index < -0.39 is 0 Å². The van der Waals surface area contributed by atoms with Gasteiger partial charge in [0.05, 0.1) is 6.04 Å². The number of amides is 1. The van der Waals surface area contributed by atoms with Crippen LogP contribution in [0.2, 0.25) is 5.02 Å². The second-order valence-corrected chi connectivity index (χ2v) is 4.28. The number of nitrogens with one attached hydrogen (secondary N) is 1. The number of carbonyl (C=O) groups excluding carboxylic acids is 1. The Balaban J connectivity index is 2.78. The van der Waals surface area contributed by atoms with Gasteiger partial charge in [-0.1, -0.05) is 29.7 Å². The average Bonchev–Trinajstić information content (AvgIpc) is 2.32. The Bertz CT molecular complexity index is 459. The van der Waals surface area contributed by atoms with Gasteiger partial charge in [-0.15, -0.1) is 0 Å². The lowest BCUT2D eigenvalue weighted by molar-refractivity contribution is -0.117. The Morgan fingerprint density at radius 3 is 2.50 bits per heavy atom. The lowest BCUT2D eigenvalue weighted by Gasteiger charge is -2.23. The standard InChI is InChI=1S/C14H16ClNO2/c1-4-5-13(17)16-10(2)14(18-3)11-6-8-12(15)9-7-11/h6-10,14H,1-3H3,(H,16,17). The number of hydrogen-bond acceptors (Lipinski definition) is 2. The van der Waals surface area contributed by atoms with Crippen LogP contribution in [0.15, 0.2) is 24.3 Å². The van der Waals surface area contributed by atoms with Crippen molar-refractivity contribution in [1.82, 2.24) is 5.32 Å². The molecule has 1 aromatic rings. The molecule has 1 rings (SSSR count). The van der Waals surface area contributed by atoms with Gasteiger partial charge in [-0.05, 0) is 37.5 Å². The molecule has 1 aromatic carbocycles. The van der Waals surface area contributed by atoms with Crippen molar-refractivity contribution in [3.05, 3.63) is 34.9 Å². The molecule has 0 saturated carbocycles. The van der Waals surface area contributed by atoms with Crippen molar-refractivity contribution in [2.45, 2.75) is 26.0 Å². The maximum absolute atomic E-state index is 11.4. The zero-order chi connectivity index (χ0) is 13.5. The quantitative estimate of drug-likeness (QED) is 0.850. The largest absolute Gasteiger partial charge is 0.375 e. The van der Waals surface area contributed by atoms with E-state index in [9.17, 15) is 4.79 Å². The molecule has 2 unspecified atom stereocenters. The van der Waals surface area contributed by atoms with Gasteiger partial charge in [-0.2, -0.15) is 0 Å². The maximum Gasteiger partial charge on any atom is 0.296 e. The van der Waals surface area contributed by atoms with Crippen LogP contribution in [0, 0.1) is 11.8 Å². The summed E-state index contributed by atoms with van der Waals surface area (Å²) >= 11 is 5.84. The summed E-state index contributed by atoms with van der Waals surface area (Å²) in [4.78, 5) is 11.4. The molecule has 3 nitrogen and oxygen atoms in total. The second kappa shape index (κ2) is 7.05. The first kappa shape index (κ1) is 14.6. The molecular formula is C14H16ClNO2. The van der Waals surface area contributed by atoms with Crippen molar-refractivity contribution in [1.29, 1.82) is 0 Å². The molecular weight excluding hydrogens is 250 g/mol. The molecule has 0 heterocycles. The van der Waals surface area contributed by atoms with Gasteiger partial charge in [-0.25, -0.2) is 0 Å². The first-order valence-corrected chi connectivity index (χ1v) is 5.97. The third kappa shape index (κ3) is 4.06. The van der Waals surface area contributed by atoms with Gasteiger partial charge in [-0.3, -0.25) is 4.79 Å². The topological polar surface area (TPSA) is 38.3 Å². The monoisotopic (exact) mass is 265 g/mol. The highest BCUT2D eigenvalue weighted by atomic mass is 35.5. The van der Waals surface area contributed by atoms with Gasteiger partial charge in [0.1, 0.15) is 6.10 Å². The number of methoxy groups -OCH3 is 1. The molecule has 1 amide bonds. The Hall–Kier alpha value is -1.50. The normalized spacial score (nSPS) is 13.1. The first-order valence-electron chi connectivity index (χ1n) is 5.60. The minimum atomic E-state index is -0.305. The molecule has 0 aliphatic carbocycles. The molecule has 0 aliphatic heterocycles. The Morgan fingerprint density at radius 2 is 2.00 bits per heavy atom. The van der Waals surface area contributed by atoms with Crippen molar-refractivity contribution >= 4 is 17.5 Å². The van der Waals surface area contributed by atoms with Crippen LogP contribution < -0.4 is 5.32 Å². The fourth-order valence-electron chi connectivity index (χ4n) is 1.71. The average molecular weight is 266 g/mol. The van der Waals surface area contributed by atoms with Crippen LogP contribution in [0.3, 0.4) is 0 Å². The molecule has 4 heteroatoms. The molecule has 0 fully saturated rings. The lowest BCUT2D eigenvalue weighted by atomic mass is 10.0. The van der Waals surface area contributed by atoms with Gasteiger partial charge in [0, 0.05) is 12.1 Å². The number of hydrogen-bond donors (Lipinski definition) is 1. The summed E-state index contributed by atoms with van der Waals surface area (Å²) in [5.74, 6) is 4.69. The van der Waals surface area contributed by atoms with Crippen LogP contribution in [0.5, 0.6) is 0 Å². The van der Waals surface area contributed by atoms with Gasteiger partial charge in [0.25, 0.3) is 5.91 Å². The van der Waals surface area contributed by atoms with E-state index >= 15 is 0 Å². The van der Waals surface area contributed by atoms with Crippen LogP contribution in [0.4, 0.5) is 0 Å². The predicted molar refractivity (Wildman–Crippen MR) is 72.3 cm³/mol. The van der Waals surface area contributed by atoms with E-state index in [0.717, 1.165) is 5.56 Å². The van der Waals surface area contributed by atoms with E-state index in [4.69, 9.17) is 16.3 Å². The fourth-order valence-corrected chi connectivity index (χ4v) is 1.84. The van der Waals surface area contributed by atoms with Gasteiger partial charge >= 0.3 is 0 Å². The molecule has 0 saturated heterocycles. The molecule has 96 valence electrons. The number of ether oxygens (including phenoxy) is 1. The van der Waals surface area contributed by atoms with Crippen LogP contribution in [0.1, 0.15) is 25.5 Å². The summed E-state index contributed by atoms with van der Waals surface area (Å²) in [7, 11) is 1.60. The lowest BCUT2D eigenvalue weighted by Crippen LogP contribution is -2.37. The summed E-state index contributed by atoms with van der Waals surface area (Å²) in [5, 5.41) is 3.44. The van der Waals surface area contributed by atoms with Crippen molar-refractivity contribution in [3.8, 4) is 11.8 Å². The van der Waals surface area contributed by atoms with E-state index in [1.165, 1.54) is 0 Å². The zero-order valence-electron chi connectivity index (χ0n) is 10.7. The molecule has 2 atom stereocenters. The van der Waals surface area contributed by atoms with Crippen LogP contribution >= 0.6 is 11.6 Å². The summed E-state index contributed by atoms with van der Waals surface area (Å²) in [5.41, 5.74) is 0.958. The van der Waals surface area contributed by atoms with Crippen molar-refractivity contribution < 1.29 is 9.53 Å². The number of rotatable bonds is 4. The highest BCUT2D eigenvalue weighted by Crippen LogP contribution is 2.22. The Morgan fingerprint density at radius 1 is 1.39 bits per heavy atom. The minimum absolute atomic E-state index is 0.176. The summed E-state index contributed by atoms with van der Waals surface area (Å²) in [6, 6.07) is 7.17. The maximum atomic E-state index is 11.4. The van der Waals surface area contributed by atoms with Gasteiger partial charge in [0.2, 0.25) is 0 Å². The Labute approximate surface area is 112 Å². The molecule has 0 spiro atoms. The fraction of sp³-hybridized carbons (Fsp3) is 0.357. The van der Waals surface area contributed by atoms with Crippen molar-refractivity contribution in [2.75, 3.05) is 7.11 Å². The predicted octanol–water partition coefficient (Wildman–Crippen LogP) is 2.56. The second-order valence-electron chi connectivity index (χ2n) is 3.84. The summed E-state index contributed by atoms with van der Waals surface area (Å²) < 4.78 is 5.41. The van der Waals surface area contributed by atoms with E-state index in [1.54, 1.807) is 26.2 Å². The van der Waals surface area contributed by atoms with Crippen molar-refractivity contribution in [3.63, 3.8) is 0 Å². The summed E-state index contributed by atoms with van der Waals surface area (Å²) in [6.07, 6.45) is -0.232.